The Morgan fingerprint density at radius 1 is 1.25 bits per heavy atom. The third-order valence-electron chi connectivity index (χ3n) is 3.51. The summed E-state index contributed by atoms with van der Waals surface area (Å²) in [5.74, 6) is 0.966. The van der Waals surface area contributed by atoms with Crippen LogP contribution in [0.5, 0.6) is 11.5 Å². The number of ether oxygens (including phenoxy) is 2. The number of anilines is 1. The molecule has 7 heteroatoms. The van der Waals surface area contributed by atoms with Crippen molar-refractivity contribution in [3.8, 4) is 22.8 Å². The van der Waals surface area contributed by atoms with Crippen LogP contribution in [-0.4, -0.2) is 36.6 Å². The second-order valence-corrected chi connectivity index (χ2v) is 5.17. The number of benzene rings is 1. The molecule has 0 aliphatic rings. The van der Waals surface area contributed by atoms with E-state index < -0.39 is 5.91 Å². The number of carbonyl (C=O) groups excluding carboxylic acids is 1. The molecule has 1 aromatic carbocycles. The lowest BCUT2D eigenvalue weighted by Crippen LogP contribution is -2.18. The Morgan fingerprint density at radius 3 is 2.62 bits per heavy atom. The maximum Gasteiger partial charge on any atom is 0.271 e. The van der Waals surface area contributed by atoms with Crippen molar-refractivity contribution < 1.29 is 14.3 Å². The van der Waals surface area contributed by atoms with Gasteiger partial charge in [0.05, 0.1) is 26.1 Å². The van der Waals surface area contributed by atoms with Gasteiger partial charge >= 0.3 is 0 Å². The molecule has 2 rings (SSSR count). The van der Waals surface area contributed by atoms with E-state index in [1.807, 2.05) is 6.07 Å². The number of unbranched alkanes of at least 4 members (excludes halogenated alkanes) is 1. The predicted octanol–water partition coefficient (Wildman–Crippen LogP) is 2.47. The molecule has 0 bridgehead atoms. The van der Waals surface area contributed by atoms with E-state index in [1.54, 1.807) is 32.5 Å². The largest absolute Gasteiger partial charge is 0.493 e. The summed E-state index contributed by atoms with van der Waals surface area (Å²) in [5.41, 5.74) is 6.85. The van der Waals surface area contributed by atoms with Crippen molar-refractivity contribution in [2.45, 2.75) is 19.8 Å². The van der Waals surface area contributed by atoms with Gasteiger partial charge in [0.2, 0.25) is 0 Å². The lowest BCUT2D eigenvalue weighted by molar-refractivity contribution is 0.0996. The molecule has 0 aliphatic carbocycles. The fourth-order valence-electron chi connectivity index (χ4n) is 2.21. The van der Waals surface area contributed by atoms with Crippen LogP contribution in [0.1, 0.15) is 30.3 Å². The van der Waals surface area contributed by atoms with Crippen LogP contribution in [0, 0.1) is 0 Å². The molecule has 2 aromatic rings. The summed E-state index contributed by atoms with van der Waals surface area (Å²) < 4.78 is 10.5. The van der Waals surface area contributed by atoms with Crippen LogP contribution in [0.4, 0.5) is 5.82 Å². The van der Waals surface area contributed by atoms with Gasteiger partial charge in [0.1, 0.15) is 0 Å². The normalized spacial score (nSPS) is 10.3. The molecule has 7 nitrogen and oxygen atoms in total. The summed E-state index contributed by atoms with van der Waals surface area (Å²) in [6, 6.07) is 5.37. The van der Waals surface area contributed by atoms with Gasteiger partial charge in [-0.1, -0.05) is 13.3 Å². The minimum Gasteiger partial charge on any atom is -0.493 e. The molecule has 0 fully saturated rings. The molecule has 3 N–H and O–H groups in total. The van der Waals surface area contributed by atoms with E-state index in [1.165, 1.54) is 0 Å². The zero-order valence-corrected chi connectivity index (χ0v) is 14.1. The highest BCUT2D eigenvalue weighted by atomic mass is 16.5. The molecule has 1 amide bonds. The zero-order chi connectivity index (χ0) is 17.5. The lowest BCUT2D eigenvalue weighted by atomic mass is 10.1. The van der Waals surface area contributed by atoms with Crippen molar-refractivity contribution in [2.24, 2.45) is 5.73 Å². The maximum atomic E-state index is 11.7. The van der Waals surface area contributed by atoms with Crippen molar-refractivity contribution in [3.05, 3.63) is 30.1 Å². The van der Waals surface area contributed by atoms with Crippen molar-refractivity contribution in [1.29, 1.82) is 0 Å². The van der Waals surface area contributed by atoms with E-state index in [-0.39, 0.29) is 5.69 Å². The fourth-order valence-corrected chi connectivity index (χ4v) is 2.21. The highest BCUT2D eigenvalue weighted by Gasteiger charge is 2.15. The first-order valence-electron chi connectivity index (χ1n) is 7.73. The minimum absolute atomic E-state index is 0.124. The molecule has 0 radical (unpaired) electrons. The first kappa shape index (κ1) is 17.5. The first-order valence-corrected chi connectivity index (χ1v) is 7.73. The second-order valence-electron chi connectivity index (χ2n) is 5.17. The second kappa shape index (κ2) is 8.14. The Balaban J connectivity index is 2.37. The predicted molar refractivity (Wildman–Crippen MR) is 92.5 cm³/mol. The van der Waals surface area contributed by atoms with Gasteiger partial charge in [0, 0.05) is 12.1 Å². The fraction of sp³-hybridized carbons (Fsp3) is 0.353. The van der Waals surface area contributed by atoms with Gasteiger partial charge in [-0.25, -0.2) is 9.97 Å². The lowest BCUT2D eigenvalue weighted by Gasteiger charge is -2.11. The average Bonchev–Trinajstić information content (AvgIpc) is 2.61. The number of nitrogens with two attached hydrogens (primary N) is 1. The number of primary amides is 1. The number of nitrogens with zero attached hydrogens (tertiary/aromatic N) is 2. The van der Waals surface area contributed by atoms with E-state index in [2.05, 4.69) is 22.2 Å². The Kier molecular flexibility index (Phi) is 5.95. The van der Waals surface area contributed by atoms with Crippen molar-refractivity contribution in [2.75, 3.05) is 26.1 Å². The molecule has 0 saturated heterocycles. The molecule has 24 heavy (non-hydrogen) atoms. The van der Waals surface area contributed by atoms with Crippen LogP contribution in [0.2, 0.25) is 0 Å². The number of hydrogen-bond donors (Lipinski definition) is 2. The molecule has 128 valence electrons. The molecular weight excluding hydrogens is 308 g/mol. The van der Waals surface area contributed by atoms with Crippen LogP contribution < -0.4 is 20.5 Å². The summed E-state index contributed by atoms with van der Waals surface area (Å²) in [4.78, 5) is 20.4. The number of aromatic nitrogens is 2. The van der Waals surface area contributed by atoms with Gasteiger partial charge in [-0.3, -0.25) is 4.79 Å². The zero-order valence-electron chi connectivity index (χ0n) is 14.1. The number of hydrogen-bond acceptors (Lipinski definition) is 6. The summed E-state index contributed by atoms with van der Waals surface area (Å²) in [5, 5.41) is 3.10. The molecule has 0 atom stereocenters. The average molecular weight is 330 g/mol. The molecule has 1 aromatic heterocycles. The number of rotatable bonds is 8. The van der Waals surface area contributed by atoms with Crippen LogP contribution in [0.25, 0.3) is 11.3 Å². The highest BCUT2D eigenvalue weighted by Crippen LogP contribution is 2.31. The molecule has 0 aliphatic heterocycles. The van der Waals surface area contributed by atoms with Gasteiger partial charge in [0.15, 0.2) is 23.0 Å². The number of carbonyl (C=O) groups is 1. The Morgan fingerprint density at radius 2 is 2.00 bits per heavy atom. The Hall–Kier alpha value is -2.83. The van der Waals surface area contributed by atoms with Crippen LogP contribution in [0.15, 0.2) is 24.4 Å². The van der Waals surface area contributed by atoms with Gasteiger partial charge in [0.25, 0.3) is 5.91 Å². The SMILES string of the molecule is CCCCNc1ncc(-c2ccc(OC)c(OC)c2)nc1C(N)=O. The van der Waals surface area contributed by atoms with Crippen LogP contribution in [-0.2, 0) is 0 Å². The Bertz CT molecular complexity index is 719. The van der Waals surface area contributed by atoms with E-state index in [0.717, 1.165) is 18.4 Å². The van der Waals surface area contributed by atoms with Gasteiger partial charge in [-0.2, -0.15) is 0 Å². The standard InChI is InChI=1S/C17H22N4O3/c1-4-5-8-19-17-15(16(18)22)21-12(10-20-17)11-6-7-13(23-2)14(9-11)24-3/h6-7,9-10H,4-5,8H2,1-3H3,(H2,18,22)(H,19,20). The van der Waals surface area contributed by atoms with Crippen LogP contribution in [0.3, 0.4) is 0 Å². The summed E-state index contributed by atoms with van der Waals surface area (Å²) in [6.45, 7) is 2.80. The maximum absolute atomic E-state index is 11.7. The summed E-state index contributed by atoms with van der Waals surface area (Å²) in [6.07, 6.45) is 3.61. The molecule has 0 unspecified atom stereocenters. The molecule has 1 heterocycles. The number of nitrogens with one attached hydrogen (secondary N) is 1. The summed E-state index contributed by atoms with van der Waals surface area (Å²) in [7, 11) is 3.13. The molecular formula is C17H22N4O3. The third-order valence-corrected chi connectivity index (χ3v) is 3.51. The van der Waals surface area contributed by atoms with E-state index in [0.29, 0.717) is 29.6 Å². The van der Waals surface area contributed by atoms with Crippen molar-refractivity contribution in [1.82, 2.24) is 9.97 Å². The third kappa shape index (κ3) is 3.92. The van der Waals surface area contributed by atoms with E-state index in [4.69, 9.17) is 15.2 Å². The number of methoxy groups -OCH3 is 2. The smallest absolute Gasteiger partial charge is 0.271 e. The van der Waals surface area contributed by atoms with Crippen LogP contribution >= 0.6 is 0 Å². The van der Waals surface area contributed by atoms with Gasteiger partial charge in [-0.05, 0) is 24.6 Å². The van der Waals surface area contributed by atoms with Crippen molar-refractivity contribution in [3.63, 3.8) is 0 Å². The van der Waals surface area contributed by atoms with Gasteiger partial charge in [-0.15, -0.1) is 0 Å². The van der Waals surface area contributed by atoms with Crippen molar-refractivity contribution >= 4 is 11.7 Å². The summed E-state index contributed by atoms with van der Waals surface area (Å²) >= 11 is 0. The van der Waals surface area contributed by atoms with E-state index >= 15 is 0 Å². The Labute approximate surface area is 141 Å². The monoisotopic (exact) mass is 330 g/mol. The highest BCUT2D eigenvalue weighted by molar-refractivity contribution is 5.96. The number of amides is 1. The quantitative estimate of drug-likeness (QED) is 0.721. The molecule has 0 spiro atoms. The topological polar surface area (TPSA) is 99.4 Å². The first-order chi connectivity index (χ1) is 11.6. The molecule has 0 saturated carbocycles. The minimum atomic E-state index is -0.621. The van der Waals surface area contributed by atoms with Gasteiger partial charge < -0.3 is 20.5 Å². The van der Waals surface area contributed by atoms with E-state index in [9.17, 15) is 4.79 Å².